The second-order valence-corrected chi connectivity index (χ2v) is 10.3. The molecular weight excluding hydrogens is 540 g/mol. The molecule has 0 aliphatic carbocycles. The normalized spacial score (nSPS) is 26.5. The van der Waals surface area contributed by atoms with E-state index >= 15 is 17.6 Å². The van der Waals surface area contributed by atoms with E-state index in [9.17, 15) is 19.8 Å². The van der Waals surface area contributed by atoms with Crippen LogP contribution >= 0.6 is 0 Å². The molecule has 2 N–H and O–H groups in total. The van der Waals surface area contributed by atoms with Gasteiger partial charge in [0.25, 0.3) is 11.8 Å². The average Bonchev–Trinajstić information content (AvgIpc) is 3.28. The molecule has 0 radical (unpaired) electrons. The quantitative estimate of drug-likeness (QED) is 0.257. The minimum atomic E-state index is -3.02. The van der Waals surface area contributed by atoms with E-state index < -0.39 is 42.2 Å². The Morgan fingerprint density at radius 3 is 1.46 bits per heavy atom. The van der Waals surface area contributed by atoms with Crippen molar-refractivity contribution in [2.24, 2.45) is 0 Å². The number of unbranched alkanes of at least 4 members (excludes halogenated alkanes) is 2. The van der Waals surface area contributed by atoms with Crippen molar-refractivity contribution in [3.63, 3.8) is 0 Å². The van der Waals surface area contributed by atoms with E-state index in [1.807, 2.05) is 26.0 Å². The Hall–Kier alpha value is -3.82. The average molecular weight is 575 g/mol. The van der Waals surface area contributed by atoms with Gasteiger partial charge in [-0.2, -0.15) is 0 Å². The SMILES string of the molecule is CCCC=CCc1cc(N2C(=O)C(F)C(F)C23C(F)C(F)C(=O)N3c2ccc(O)c(CC=CCCC)c2)ccc1O. The number of benzene rings is 2. The van der Waals surface area contributed by atoms with Crippen molar-refractivity contribution >= 4 is 23.2 Å². The lowest BCUT2D eigenvalue weighted by atomic mass is 9.96. The molecule has 0 aromatic heterocycles. The molecule has 2 fully saturated rings. The van der Waals surface area contributed by atoms with Gasteiger partial charge in [-0.1, -0.05) is 51.0 Å². The van der Waals surface area contributed by atoms with Gasteiger partial charge < -0.3 is 10.2 Å². The highest BCUT2D eigenvalue weighted by Gasteiger charge is 2.75. The third kappa shape index (κ3) is 5.20. The fraction of sp³-hybridized carbons (Fsp3) is 0.419. The molecule has 41 heavy (non-hydrogen) atoms. The fourth-order valence-corrected chi connectivity index (χ4v) is 5.43. The van der Waals surface area contributed by atoms with Gasteiger partial charge in [0.1, 0.15) is 11.5 Å². The molecule has 2 saturated heterocycles. The largest absolute Gasteiger partial charge is 0.508 e. The molecule has 4 atom stereocenters. The highest BCUT2D eigenvalue weighted by molar-refractivity contribution is 6.10. The Labute approximate surface area is 236 Å². The zero-order valence-corrected chi connectivity index (χ0v) is 22.9. The number of carbonyl (C=O) groups excluding carboxylic acids is 2. The highest BCUT2D eigenvalue weighted by atomic mass is 19.2. The summed E-state index contributed by atoms with van der Waals surface area (Å²) < 4.78 is 62.4. The molecule has 2 aliphatic heterocycles. The van der Waals surface area contributed by atoms with Gasteiger partial charge in [0.2, 0.25) is 12.3 Å². The zero-order chi connectivity index (χ0) is 29.9. The van der Waals surface area contributed by atoms with Crippen LogP contribution in [-0.2, 0) is 22.4 Å². The van der Waals surface area contributed by atoms with Crippen LogP contribution in [-0.4, -0.2) is 52.4 Å². The number of amides is 2. The molecule has 2 aromatic rings. The van der Waals surface area contributed by atoms with Gasteiger partial charge in [0.15, 0.2) is 18.0 Å². The number of phenols is 2. The molecule has 4 unspecified atom stereocenters. The van der Waals surface area contributed by atoms with Gasteiger partial charge in [0.05, 0.1) is 0 Å². The standard InChI is InChI=1S/C31H34F4N2O4/c1-3-5-7-9-11-19-17-21(13-15-23(19)38)36-29(40)25(32)27(34)31(36)28(35)26(33)30(41)37(31)22-14-16-24(39)20(18-22)12-10-8-6-4-2/h7-10,13-18,25-28,38-39H,3-6,11-12H2,1-2H3. The maximum Gasteiger partial charge on any atom is 0.266 e. The topological polar surface area (TPSA) is 81.1 Å². The van der Waals surface area contributed by atoms with Crippen LogP contribution in [0.25, 0.3) is 0 Å². The lowest BCUT2D eigenvalue weighted by Gasteiger charge is -2.43. The Balaban J connectivity index is 1.86. The first kappa shape index (κ1) is 30.1. The van der Waals surface area contributed by atoms with Crippen molar-refractivity contribution < 1.29 is 37.4 Å². The van der Waals surface area contributed by atoms with E-state index in [2.05, 4.69) is 0 Å². The molecule has 6 nitrogen and oxygen atoms in total. The number of nitrogens with zero attached hydrogens (tertiary/aromatic N) is 2. The van der Waals surface area contributed by atoms with Crippen molar-refractivity contribution in [1.82, 2.24) is 0 Å². The summed E-state index contributed by atoms with van der Waals surface area (Å²) in [4.78, 5) is 27.3. The van der Waals surface area contributed by atoms with Gasteiger partial charge in [-0.25, -0.2) is 17.6 Å². The molecule has 1 spiro atoms. The van der Waals surface area contributed by atoms with Gasteiger partial charge in [-0.05, 0) is 73.2 Å². The molecule has 2 aliphatic rings. The number of hydrogen-bond acceptors (Lipinski definition) is 4. The zero-order valence-electron chi connectivity index (χ0n) is 22.9. The Morgan fingerprint density at radius 2 is 1.10 bits per heavy atom. The molecule has 0 saturated carbocycles. The number of aromatic hydroxyl groups is 2. The molecular formula is C31H34F4N2O4. The van der Waals surface area contributed by atoms with E-state index in [-0.39, 0.29) is 46.8 Å². The summed E-state index contributed by atoms with van der Waals surface area (Å²) in [5, 5.41) is 20.7. The molecule has 220 valence electrons. The van der Waals surface area contributed by atoms with Crippen LogP contribution in [0.5, 0.6) is 11.5 Å². The van der Waals surface area contributed by atoms with Crippen molar-refractivity contribution in [1.29, 1.82) is 0 Å². The van der Waals surface area contributed by atoms with Crippen LogP contribution in [0.15, 0.2) is 60.7 Å². The second-order valence-electron chi connectivity index (χ2n) is 10.3. The van der Waals surface area contributed by atoms with E-state index in [4.69, 9.17) is 0 Å². The van der Waals surface area contributed by atoms with Gasteiger partial charge in [-0.15, -0.1) is 0 Å². The maximum absolute atomic E-state index is 16.0. The summed E-state index contributed by atoms with van der Waals surface area (Å²) in [6, 6.07) is 7.28. The van der Waals surface area contributed by atoms with E-state index in [0.717, 1.165) is 25.7 Å². The third-order valence-corrected chi connectivity index (χ3v) is 7.52. The molecule has 10 heteroatoms. The first-order valence-corrected chi connectivity index (χ1v) is 13.8. The first-order valence-electron chi connectivity index (χ1n) is 13.8. The lowest BCUT2D eigenvalue weighted by molar-refractivity contribution is -0.122. The molecule has 2 amide bonds. The van der Waals surface area contributed by atoms with Crippen molar-refractivity contribution in [2.45, 2.75) is 82.7 Å². The van der Waals surface area contributed by atoms with Crippen molar-refractivity contribution in [3.8, 4) is 11.5 Å². The van der Waals surface area contributed by atoms with Crippen molar-refractivity contribution in [3.05, 3.63) is 71.8 Å². The van der Waals surface area contributed by atoms with Crippen LogP contribution < -0.4 is 9.80 Å². The van der Waals surface area contributed by atoms with Gasteiger partial charge in [-0.3, -0.25) is 19.4 Å². The number of carbonyl (C=O) groups is 2. The van der Waals surface area contributed by atoms with Crippen molar-refractivity contribution in [2.75, 3.05) is 9.80 Å². The monoisotopic (exact) mass is 574 g/mol. The molecule has 2 heterocycles. The molecule has 0 bridgehead atoms. The van der Waals surface area contributed by atoms with Crippen LogP contribution in [0.1, 0.15) is 50.7 Å². The summed E-state index contributed by atoms with van der Waals surface area (Å²) in [5.74, 6) is -3.29. The lowest BCUT2D eigenvalue weighted by Crippen LogP contribution is -2.65. The minimum Gasteiger partial charge on any atom is -0.508 e. The molecule has 2 aromatic carbocycles. The minimum absolute atomic E-state index is 0.164. The van der Waals surface area contributed by atoms with E-state index in [1.54, 1.807) is 12.2 Å². The number of phenolic OH excluding ortho intramolecular Hbond substituents is 2. The number of allylic oxidation sites excluding steroid dienone is 4. The van der Waals surface area contributed by atoms with E-state index in [0.29, 0.717) is 9.80 Å². The van der Waals surface area contributed by atoms with Gasteiger partial charge in [0, 0.05) is 11.4 Å². The predicted molar refractivity (Wildman–Crippen MR) is 149 cm³/mol. The summed E-state index contributed by atoms with van der Waals surface area (Å²) in [6.45, 7) is 3.98. The van der Waals surface area contributed by atoms with Crippen LogP contribution in [0.2, 0.25) is 0 Å². The Bertz CT molecular complexity index is 1250. The van der Waals surface area contributed by atoms with Gasteiger partial charge >= 0.3 is 0 Å². The predicted octanol–water partition coefficient (Wildman–Crippen LogP) is 6.34. The number of rotatable bonds is 10. The second kappa shape index (κ2) is 12.4. The van der Waals surface area contributed by atoms with Crippen LogP contribution in [0, 0.1) is 0 Å². The maximum atomic E-state index is 16.0. The van der Waals surface area contributed by atoms with Crippen LogP contribution in [0.4, 0.5) is 28.9 Å². The number of halogens is 4. The molecule has 4 rings (SSSR count). The Kier molecular flexibility index (Phi) is 9.09. The first-order chi connectivity index (χ1) is 19.6. The summed E-state index contributed by atoms with van der Waals surface area (Å²) >= 11 is 0. The summed E-state index contributed by atoms with van der Waals surface area (Å²) in [6.07, 6.45) is -0.609. The third-order valence-electron chi connectivity index (χ3n) is 7.52. The fourth-order valence-electron chi connectivity index (χ4n) is 5.43. The smallest absolute Gasteiger partial charge is 0.266 e. The van der Waals surface area contributed by atoms with Crippen LogP contribution in [0.3, 0.4) is 0 Å². The highest BCUT2D eigenvalue weighted by Crippen LogP contribution is 2.52. The Morgan fingerprint density at radius 1 is 0.707 bits per heavy atom. The summed E-state index contributed by atoms with van der Waals surface area (Å²) in [7, 11) is 0. The number of alkyl halides is 4. The van der Waals surface area contributed by atoms with E-state index in [1.165, 1.54) is 36.4 Å². The number of anilines is 2. The number of hydrogen-bond donors (Lipinski definition) is 2. The summed E-state index contributed by atoms with van der Waals surface area (Å²) in [5.41, 5.74) is -2.86.